The van der Waals surface area contributed by atoms with E-state index < -0.39 is 0 Å². The van der Waals surface area contributed by atoms with Gasteiger partial charge in [-0.05, 0) is 22.4 Å². The minimum atomic E-state index is 0.0752. The number of hydrogen-bond acceptors (Lipinski definition) is 2. The van der Waals surface area contributed by atoms with Gasteiger partial charge in [0.2, 0.25) is 5.91 Å². The van der Waals surface area contributed by atoms with Crippen LogP contribution in [0.25, 0.3) is 0 Å². The van der Waals surface area contributed by atoms with Crippen LogP contribution in [0.1, 0.15) is 12.8 Å². The highest BCUT2D eigenvalue weighted by atomic mass is 79.9. The highest BCUT2D eigenvalue weighted by Crippen LogP contribution is 2.06. The molecule has 1 rings (SSSR count). The second kappa shape index (κ2) is 5.01. The molecule has 0 unspecified atom stereocenters. The Morgan fingerprint density at radius 3 is 3.08 bits per heavy atom. The lowest BCUT2D eigenvalue weighted by molar-refractivity contribution is -0.120. The van der Waals surface area contributed by atoms with E-state index in [4.69, 9.17) is 0 Å². The molecule has 1 aromatic heterocycles. The first kappa shape index (κ1) is 10.2. The van der Waals surface area contributed by atoms with Crippen LogP contribution in [0.15, 0.2) is 16.9 Å². The Bertz CT molecular complexity index is 285. The number of carbonyl (C=O) groups excluding carboxylic acids is 1. The van der Waals surface area contributed by atoms with Gasteiger partial charge in [-0.3, -0.25) is 9.48 Å². The van der Waals surface area contributed by atoms with Gasteiger partial charge in [-0.1, -0.05) is 0 Å². The average molecular weight is 246 g/mol. The van der Waals surface area contributed by atoms with Crippen molar-refractivity contribution in [3.63, 3.8) is 0 Å². The van der Waals surface area contributed by atoms with E-state index in [0.717, 1.165) is 17.4 Å². The Kier molecular flexibility index (Phi) is 3.95. The van der Waals surface area contributed by atoms with Crippen molar-refractivity contribution in [2.75, 3.05) is 7.05 Å². The molecule has 1 aromatic rings. The van der Waals surface area contributed by atoms with Gasteiger partial charge in [-0.2, -0.15) is 5.10 Å². The number of aryl methyl sites for hydroxylation is 1. The summed E-state index contributed by atoms with van der Waals surface area (Å²) in [5.41, 5.74) is 0. The zero-order chi connectivity index (χ0) is 9.68. The van der Waals surface area contributed by atoms with E-state index in [-0.39, 0.29) is 5.91 Å². The number of nitrogens with one attached hydrogen (secondary N) is 1. The van der Waals surface area contributed by atoms with Gasteiger partial charge in [-0.25, -0.2) is 0 Å². The molecule has 5 heteroatoms. The van der Waals surface area contributed by atoms with Crippen LogP contribution in [0.3, 0.4) is 0 Å². The van der Waals surface area contributed by atoms with Crippen LogP contribution in [0, 0.1) is 0 Å². The molecule has 1 heterocycles. The van der Waals surface area contributed by atoms with Crippen molar-refractivity contribution in [1.82, 2.24) is 15.1 Å². The van der Waals surface area contributed by atoms with Gasteiger partial charge in [-0.15, -0.1) is 0 Å². The maximum Gasteiger partial charge on any atom is 0.219 e. The Morgan fingerprint density at radius 1 is 1.77 bits per heavy atom. The molecule has 0 aliphatic rings. The molecule has 0 saturated carbocycles. The third-order valence-electron chi connectivity index (χ3n) is 1.67. The van der Waals surface area contributed by atoms with E-state index in [1.165, 1.54) is 0 Å². The van der Waals surface area contributed by atoms with Gasteiger partial charge >= 0.3 is 0 Å². The third kappa shape index (κ3) is 3.59. The first-order valence-electron chi connectivity index (χ1n) is 4.11. The summed E-state index contributed by atoms with van der Waals surface area (Å²) in [5, 5.41) is 6.66. The molecule has 0 fully saturated rings. The van der Waals surface area contributed by atoms with Crippen molar-refractivity contribution < 1.29 is 4.79 Å². The standard InChI is InChI=1S/C8H12BrN3O/c1-10-8(13)3-2-4-12-6-7(9)5-11-12/h5-6H,2-4H2,1H3,(H,10,13). The van der Waals surface area contributed by atoms with E-state index in [1.807, 2.05) is 10.9 Å². The number of aromatic nitrogens is 2. The van der Waals surface area contributed by atoms with Gasteiger partial charge in [0.15, 0.2) is 0 Å². The first-order chi connectivity index (χ1) is 6.22. The lowest BCUT2D eigenvalue weighted by atomic mass is 10.3. The SMILES string of the molecule is CNC(=O)CCCn1cc(Br)cn1. The molecule has 13 heavy (non-hydrogen) atoms. The highest BCUT2D eigenvalue weighted by molar-refractivity contribution is 9.10. The molecule has 0 bridgehead atoms. The molecule has 4 nitrogen and oxygen atoms in total. The fraction of sp³-hybridized carbons (Fsp3) is 0.500. The van der Waals surface area contributed by atoms with Crippen molar-refractivity contribution in [3.05, 3.63) is 16.9 Å². The van der Waals surface area contributed by atoms with E-state index in [2.05, 4.69) is 26.3 Å². The van der Waals surface area contributed by atoms with Crippen LogP contribution in [0.4, 0.5) is 0 Å². The smallest absolute Gasteiger partial charge is 0.219 e. The molecule has 0 aliphatic carbocycles. The molecular weight excluding hydrogens is 234 g/mol. The molecule has 1 amide bonds. The van der Waals surface area contributed by atoms with Gasteiger partial charge in [0, 0.05) is 26.2 Å². The fourth-order valence-electron chi connectivity index (χ4n) is 0.987. The van der Waals surface area contributed by atoms with Crippen molar-refractivity contribution >= 4 is 21.8 Å². The molecule has 0 saturated heterocycles. The van der Waals surface area contributed by atoms with Gasteiger partial charge in [0.05, 0.1) is 10.7 Å². The Morgan fingerprint density at radius 2 is 2.54 bits per heavy atom. The monoisotopic (exact) mass is 245 g/mol. The van der Waals surface area contributed by atoms with Crippen LogP contribution in [0.2, 0.25) is 0 Å². The minimum Gasteiger partial charge on any atom is -0.359 e. The molecule has 1 N–H and O–H groups in total. The number of amides is 1. The highest BCUT2D eigenvalue weighted by Gasteiger charge is 1.98. The van der Waals surface area contributed by atoms with Crippen molar-refractivity contribution in [2.24, 2.45) is 0 Å². The predicted octanol–water partition coefficient (Wildman–Crippen LogP) is 1.17. The molecular formula is C8H12BrN3O. The molecule has 72 valence electrons. The maximum atomic E-state index is 10.9. The maximum absolute atomic E-state index is 10.9. The molecule has 0 atom stereocenters. The number of hydrogen-bond donors (Lipinski definition) is 1. The van der Waals surface area contributed by atoms with E-state index in [0.29, 0.717) is 6.42 Å². The summed E-state index contributed by atoms with van der Waals surface area (Å²) in [4.78, 5) is 10.9. The predicted molar refractivity (Wildman–Crippen MR) is 53.2 cm³/mol. The molecule has 0 aliphatic heterocycles. The molecule has 0 aromatic carbocycles. The summed E-state index contributed by atoms with van der Waals surface area (Å²) >= 11 is 3.30. The molecule has 0 spiro atoms. The Hall–Kier alpha value is -0.840. The summed E-state index contributed by atoms with van der Waals surface area (Å²) in [6, 6.07) is 0. The number of nitrogens with zero attached hydrogens (tertiary/aromatic N) is 2. The number of carbonyl (C=O) groups is 1. The Balaban J connectivity index is 2.24. The quantitative estimate of drug-likeness (QED) is 0.866. The zero-order valence-corrected chi connectivity index (χ0v) is 9.04. The summed E-state index contributed by atoms with van der Waals surface area (Å²) < 4.78 is 2.78. The van der Waals surface area contributed by atoms with Crippen LogP contribution in [0.5, 0.6) is 0 Å². The lowest BCUT2D eigenvalue weighted by Gasteiger charge is -2.00. The second-order valence-electron chi connectivity index (χ2n) is 2.70. The second-order valence-corrected chi connectivity index (χ2v) is 3.61. The van der Waals surface area contributed by atoms with Gasteiger partial charge in [0.1, 0.15) is 0 Å². The average Bonchev–Trinajstić information content (AvgIpc) is 2.51. The first-order valence-corrected chi connectivity index (χ1v) is 4.90. The van der Waals surface area contributed by atoms with Crippen LogP contribution in [-0.2, 0) is 11.3 Å². The van der Waals surface area contributed by atoms with E-state index >= 15 is 0 Å². The Labute approximate surface area is 85.4 Å². The number of rotatable bonds is 4. The number of halogens is 1. The summed E-state index contributed by atoms with van der Waals surface area (Å²) in [5.74, 6) is 0.0752. The zero-order valence-electron chi connectivity index (χ0n) is 7.46. The molecule has 0 radical (unpaired) electrons. The van der Waals surface area contributed by atoms with Gasteiger partial charge < -0.3 is 5.32 Å². The van der Waals surface area contributed by atoms with Crippen LogP contribution in [-0.4, -0.2) is 22.7 Å². The van der Waals surface area contributed by atoms with Crippen molar-refractivity contribution in [1.29, 1.82) is 0 Å². The topological polar surface area (TPSA) is 46.9 Å². The van der Waals surface area contributed by atoms with E-state index in [9.17, 15) is 4.79 Å². The summed E-state index contributed by atoms with van der Waals surface area (Å²) in [6.45, 7) is 0.777. The van der Waals surface area contributed by atoms with Crippen LogP contribution >= 0.6 is 15.9 Å². The minimum absolute atomic E-state index is 0.0752. The lowest BCUT2D eigenvalue weighted by Crippen LogP contribution is -2.17. The van der Waals surface area contributed by atoms with E-state index in [1.54, 1.807) is 13.2 Å². The largest absolute Gasteiger partial charge is 0.359 e. The fourth-order valence-corrected chi connectivity index (χ4v) is 1.32. The van der Waals surface area contributed by atoms with Crippen LogP contribution < -0.4 is 5.32 Å². The van der Waals surface area contributed by atoms with Crippen molar-refractivity contribution in [2.45, 2.75) is 19.4 Å². The normalized spacial score (nSPS) is 10.0. The summed E-state index contributed by atoms with van der Waals surface area (Å²) in [6.07, 6.45) is 4.99. The third-order valence-corrected chi connectivity index (χ3v) is 2.08. The van der Waals surface area contributed by atoms with Crippen molar-refractivity contribution in [3.8, 4) is 0 Å². The van der Waals surface area contributed by atoms with Gasteiger partial charge in [0.25, 0.3) is 0 Å². The summed E-state index contributed by atoms with van der Waals surface area (Å²) in [7, 11) is 1.65.